The maximum absolute atomic E-state index is 12.3. The summed E-state index contributed by atoms with van der Waals surface area (Å²) in [5.41, 5.74) is 0.163. The second-order valence-corrected chi connectivity index (χ2v) is 11.5. The molecule has 3 atom stereocenters. The van der Waals surface area contributed by atoms with E-state index in [0.29, 0.717) is 34.4 Å². The minimum Gasteiger partial charge on any atom is -0.390 e. The minimum atomic E-state index is -0.816. The Kier molecular flexibility index (Phi) is 12.5. The average Bonchev–Trinajstić information content (AvgIpc) is 2.66. The van der Waals surface area contributed by atoms with E-state index in [4.69, 9.17) is 0 Å². The molecule has 0 fully saturated rings. The second-order valence-electron chi connectivity index (χ2n) is 10.7. The van der Waals surface area contributed by atoms with Crippen LogP contribution in [0.5, 0.6) is 0 Å². The van der Waals surface area contributed by atoms with Crippen molar-refractivity contribution in [1.82, 2.24) is 0 Å². The lowest BCUT2D eigenvalue weighted by molar-refractivity contribution is -0.115. The van der Waals surface area contributed by atoms with E-state index in [-0.39, 0.29) is 11.6 Å². The molecular formula is C27H45BrO3. The van der Waals surface area contributed by atoms with Gasteiger partial charge in [0.1, 0.15) is 0 Å². The summed E-state index contributed by atoms with van der Waals surface area (Å²) >= 11 is 3.26. The minimum absolute atomic E-state index is 0.0886. The predicted octanol–water partition coefficient (Wildman–Crippen LogP) is 7.70. The SMILES string of the molecule is CC1=CC(=O)C(Br)=C(CC[C@](C)(O)CCC[C@H](C)CCC[C@H](C)CCCC(C)C)C1=O. The number of hydrogen-bond acceptors (Lipinski definition) is 3. The Morgan fingerprint density at radius 1 is 0.903 bits per heavy atom. The molecule has 1 aliphatic carbocycles. The maximum Gasteiger partial charge on any atom is 0.193 e. The molecule has 0 bridgehead atoms. The molecule has 0 aromatic carbocycles. The van der Waals surface area contributed by atoms with Crippen molar-refractivity contribution in [2.75, 3.05) is 0 Å². The van der Waals surface area contributed by atoms with Crippen molar-refractivity contribution in [1.29, 1.82) is 0 Å². The monoisotopic (exact) mass is 496 g/mol. The third-order valence-electron chi connectivity index (χ3n) is 6.66. The highest BCUT2D eigenvalue weighted by molar-refractivity contribution is 9.12. The van der Waals surface area contributed by atoms with Gasteiger partial charge in [0.15, 0.2) is 11.6 Å². The second kappa shape index (κ2) is 13.7. The number of Topliss-reactive ketones (excluding diaryl/α,β-unsaturated/α-hetero) is 1. The molecule has 4 heteroatoms. The van der Waals surface area contributed by atoms with Gasteiger partial charge in [-0.05, 0) is 72.9 Å². The summed E-state index contributed by atoms with van der Waals surface area (Å²) < 4.78 is 0.353. The topological polar surface area (TPSA) is 54.4 Å². The zero-order valence-corrected chi connectivity index (χ0v) is 22.3. The van der Waals surface area contributed by atoms with Crippen molar-refractivity contribution < 1.29 is 14.7 Å². The Balaban J connectivity index is 2.27. The molecule has 0 aliphatic heterocycles. The molecule has 0 aromatic heterocycles. The van der Waals surface area contributed by atoms with Gasteiger partial charge in [-0.3, -0.25) is 9.59 Å². The fraction of sp³-hybridized carbons (Fsp3) is 0.778. The summed E-state index contributed by atoms with van der Waals surface area (Å²) in [6.07, 6.45) is 13.1. The van der Waals surface area contributed by atoms with E-state index >= 15 is 0 Å². The fourth-order valence-electron chi connectivity index (χ4n) is 4.36. The summed E-state index contributed by atoms with van der Waals surface area (Å²) in [6, 6.07) is 0. The van der Waals surface area contributed by atoms with Gasteiger partial charge in [-0.1, -0.05) is 79.1 Å². The van der Waals surface area contributed by atoms with Crippen molar-refractivity contribution >= 4 is 27.5 Å². The van der Waals surface area contributed by atoms with Crippen LogP contribution in [0.4, 0.5) is 0 Å². The van der Waals surface area contributed by atoms with Gasteiger partial charge in [-0.15, -0.1) is 0 Å². The number of carbonyl (C=O) groups is 2. The molecule has 0 amide bonds. The smallest absolute Gasteiger partial charge is 0.193 e. The van der Waals surface area contributed by atoms with Crippen LogP contribution in [0.1, 0.15) is 112 Å². The first kappa shape index (κ1) is 28.3. The number of carbonyl (C=O) groups excluding carboxylic acids is 2. The Morgan fingerprint density at radius 3 is 1.97 bits per heavy atom. The lowest BCUT2D eigenvalue weighted by Gasteiger charge is -2.25. The zero-order chi connectivity index (χ0) is 23.6. The van der Waals surface area contributed by atoms with Gasteiger partial charge in [0.05, 0.1) is 10.1 Å². The van der Waals surface area contributed by atoms with Crippen LogP contribution >= 0.6 is 15.9 Å². The van der Waals surface area contributed by atoms with Gasteiger partial charge >= 0.3 is 0 Å². The molecule has 0 aromatic rings. The van der Waals surface area contributed by atoms with Gasteiger partial charge in [-0.25, -0.2) is 0 Å². The van der Waals surface area contributed by atoms with E-state index in [1.165, 1.54) is 44.6 Å². The van der Waals surface area contributed by atoms with Crippen LogP contribution in [0.25, 0.3) is 0 Å². The Hall–Kier alpha value is -0.740. The van der Waals surface area contributed by atoms with E-state index in [1.807, 2.05) is 6.92 Å². The summed E-state index contributed by atoms with van der Waals surface area (Å²) in [6.45, 7) is 12.8. The quantitative estimate of drug-likeness (QED) is 0.236. The molecular weight excluding hydrogens is 452 g/mol. The number of halogens is 1. The van der Waals surface area contributed by atoms with Crippen molar-refractivity contribution in [3.63, 3.8) is 0 Å². The van der Waals surface area contributed by atoms with Crippen LogP contribution in [0.15, 0.2) is 21.7 Å². The van der Waals surface area contributed by atoms with Crippen molar-refractivity contribution in [3.05, 3.63) is 21.7 Å². The highest BCUT2D eigenvalue weighted by Crippen LogP contribution is 2.31. The molecule has 31 heavy (non-hydrogen) atoms. The molecule has 0 saturated carbocycles. The van der Waals surface area contributed by atoms with E-state index in [0.717, 1.165) is 31.1 Å². The Labute approximate surface area is 199 Å². The summed E-state index contributed by atoms with van der Waals surface area (Å²) in [7, 11) is 0. The van der Waals surface area contributed by atoms with Gasteiger partial charge < -0.3 is 5.11 Å². The molecule has 0 unspecified atom stereocenters. The zero-order valence-electron chi connectivity index (χ0n) is 20.7. The molecule has 0 heterocycles. The van der Waals surface area contributed by atoms with Gasteiger partial charge in [0.2, 0.25) is 0 Å². The highest BCUT2D eigenvalue weighted by Gasteiger charge is 2.28. The van der Waals surface area contributed by atoms with Crippen LogP contribution in [-0.2, 0) is 9.59 Å². The largest absolute Gasteiger partial charge is 0.390 e. The maximum atomic E-state index is 12.3. The lowest BCUT2D eigenvalue weighted by Crippen LogP contribution is -2.26. The normalized spacial score (nSPS) is 18.9. The van der Waals surface area contributed by atoms with Gasteiger partial charge in [0, 0.05) is 11.1 Å². The first-order valence-corrected chi connectivity index (χ1v) is 13.1. The summed E-state index contributed by atoms with van der Waals surface area (Å²) in [4.78, 5) is 24.3. The van der Waals surface area contributed by atoms with Crippen LogP contribution in [0.3, 0.4) is 0 Å². The van der Waals surface area contributed by atoms with Crippen molar-refractivity contribution in [2.45, 2.75) is 118 Å². The van der Waals surface area contributed by atoms with Crippen molar-refractivity contribution in [2.24, 2.45) is 17.8 Å². The summed E-state index contributed by atoms with van der Waals surface area (Å²) in [5.74, 6) is 2.08. The Bertz CT molecular complexity index is 657. The predicted molar refractivity (Wildman–Crippen MR) is 134 cm³/mol. The number of allylic oxidation sites excluding steroid dienone is 4. The number of aliphatic hydroxyl groups is 1. The molecule has 0 radical (unpaired) electrons. The number of ketones is 2. The van der Waals surface area contributed by atoms with Gasteiger partial charge in [-0.2, -0.15) is 0 Å². The molecule has 1 rings (SSSR count). The first-order valence-electron chi connectivity index (χ1n) is 12.3. The van der Waals surface area contributed by atoms with Crippen LogP contribution in [-0.4, -0.2) is 22.3 Å². The van der Waals surface area contributed by atoms with Crippen LogP contribution in [0.2, 0.25) is 0 Å². The molecule has 0 saturated heterocycles. The lowest BCUT2D eigenvalue weighted by atomic mass is 9.86. The average molecular weight is 498 g/mol. The third kappa shape index (κ3) is 11.1. The van der Waals surface area contributed by atoms with Crippen molar-refractivity contribution in [3.8, 4) is 0 Å². The molecule has 178 valence electrons. The number of rotatable bonds is 15. The van der Waals surface area contributed by atoms with Crippen LogP contribution < -0.4 is 0 Å². The van der Waals surface area contributed by atoms with E-state index in [9.17, 15) is 14.7 Å². The molecule has 0 spiro atoms. The summed E-state index contributed by atoms with van der Waals surface area (Å²) in [5, 5.41) is 10.8. The van der Waals surface area contributed by atoms with Gasteiger partial charge in [0.25, 0.3) is 0 Å². The standard InChI is InChI=1S/C27H45BrO3/c1-19(2)10-7-11-20(3)12-8-13-21(4)14-9-16-27(6,31)17-15-23-25(28)24(29)18-22(5)26(23)30/h18-21,31H,7-17H2,1-6H3/t20-,21-,27-/m1/s1. The fourth-order valence-corrected chi connectivity index (χ4v) is 4.86. The molecule has 3 nitrogen and oxygen atoms in total. The number of hydrogen-bond donors (Lipinski definition) is 1. The third-order valence-corrected chi connectivity index (χ3v) is 7.53. The van der Waals surface area contributed by atoms with E-state index < -0.39 is 5.60 Å². The van der Waals surface area contributed by atoms with E-state index in [2.05, 4.69) is 43.6 Å². The Morgan fingerprint density at radius 2 is 1.42 bits per heavy atom. The molecule has 1 aliphatic rings. The van der Waals surface area contributed by atoms with Crippen LogP contribution in [0, 0.1) is 17.8 Å². The highest BCUT2D eigenvalue weighted by atomic mass is 79.9. The van der Waals surface area contributed by atoms with E-state index in [1.54, 1.807) is 6.92 Å². The first-order chi connectivity index (χ1) is 14.4. The molecule has 1 N–H and O–H groups in total.